The van der Waals surface area contributed by atoms with Gasteiger partial charge in [0.05, 0.1) is 3.57 Å². The number of rotatable bonds is 0. The summed E-state index contributed by atoms with van der Waals surface area (Å²) in [5.41, 5.74) is 13.9. The highest BCUT2D eigenvalue weighted by atomic mass is 127. The van der Waals surface area contributed by atoms with Crippen LogP contribution in [0.15, 0.2) is 12.1 Å². The molecule has 1 aromatic rings. The second-order valence-corrected chi connectivity index (χ2v) is 3.34. The highest BCUT2D eigenvalue weighted by Crippen LogP contribution is 2.22. The number of halogens is 1. The summed E-state index contributed by atoms with van der Waals surface area (Å²) in [6, 6.07) is 3.83. The lowest BCUT2D eigenvalue weighted by Gasteiger charge is -2.02. The third-order valence-electron chi connectivity index (χ3n) is 1.27. The lowest BCUT2D eigenvalue weighted by Crippen LogP contribution is -1.96. The molecular formula is C7H9IN2. The van der Waals surface area contributed by atoms with Gasteiger partial charge in [0.1, 0.15) is 0 Å². The lowest BCUT2D eigenvalue weighted by atomic mass is 10.2. The van der Waals surface area contributed by atoms with Crippen molar-refractivity contribution in [2.24, 2.45) is 0 Å². The van der Waals surface area contributed by atoms with Gasteiger partial charge in [-0.3, -0.25) is 0 Å². The molecule has 0 unspecified atom stereocenters. The molecule has 0 bridgehead atoms. The predicted molar refractivity (Wildman–Crippen MR) is 52.7 cm³/mol. The highest BCUT2D eigenvalue weighted by Gasteiger charge is 1.99. The highest BCUT2D eigenvalue weighted by molar-refractivity contribution is 14.1. The minimum Gasteiger partial charge on any atom is -0.398 e. The van der Waals surface area contributed by atoms with Crippen molar-refractivity contribution >= 4 is 34.0 Å². The largest absolute Gasteiger partial charge is 0.398 e. The SMILES string of the molecule is Cc1cc(N)c(I)c(N)c1. The summed E-state index contributed by atoms with van der Waals surface area (Å²) >= 11 is 2.14. The summed E-state index contributed by atoms with van der Waals surface area (Å²) in [5.74, 6) is 0. The van der Waals surface area contributed by atoms with Crippen LogP contribution in [-0.2, 0) is 0 Å². The third kappa shape index (κ3) is 1.34. The average molecular weight is 248 g/mol. The van der Waals surface area contributed by atoms with Crippen LogP contribution in [-0.4, -0.2) is 0 Å². The normalized spacial score (nSPS) is 9.80. The van der Waals surface area contributed by atoms with E-state index in [1.165, 1.54) is 0 Å². The second kappa shape index (κ2) is 2.65. The summed E-state index contributed by atoms with van der Waals surface area (Å²) in [4.78, 5) is 0. The Labute approximate surface area is 73.7 Å². The summed E-state index contributed by atoms with van der Waals surface area (Å²) < 4.78 is 0.947. The molecule has 3 heteroatoms. The monoisotopic (exact) mass is 248 g/mol. The maximum Gasteiger partial charge on any atom is 0.0589 e. The van der Waals surface area contributed by atoms with Crippen molar-refractivity contribution in [3.05, 3.63) is 21.3 Å². The van der Waals surface area contributed by atoms with E-state index in [0.29, 0.717) is 0 Å². The van der Waals surface area contributed by atoms with E-state index in [0.717, 1.165) is 20.5 Å². The minimum atomic E-state index is 0.762. The molecule has 0 radical (unpaired) electrons. The first-order chi connectivity index (χ1) is 4.61. The Morgan fingerprint density at radius 1 is 1.20 bits per heavy atom. The van der Waals surface area contributed by atoms with Crippen LogP contribution < -0.4 is 11.5 Å². The molecule has 0 saturated heterocycles. The van der Waals surface area contributed by atoms with Gasteiger partial charge in [0, 0.05) is 11.4 Å². The van der Waals surface area contributed by atoms with Gasteiger partial charge in [0.25, 0.3) is 0 Å². The van der Waals surface area contributed by atoms with Gasteiger partial charge in [0.2, 0.25) is 0 Å². The molecular weight excluding hydrogens is 239 g/mol. The van der Waals surface area contributed by atoms with E-state index in [9.17, 15) is 0 Å². The predicted octanol–water partition coefficient (Wildman–Crippen LogP) is 1.76. The van der Waals surface area contributed by atoms with Crippen molar-refractivity contribution in [3.63, 3.8) is 0 Å². The smallest absolute Gasteiger partial charge is 0.0589 e. The van der Waals surface area contributed by atoms with Crippen molar-refractivity contribution < 1.29 is 0 Å². The van der Waals surface area contributed by atoms with Crippen molar-refractivity contribution in [2.75, 3.05) is 11.5 Å². The molecule has 0 aromatic heterocycles. The molecule has 4 N–H and O–H groups in total. The molecule has 2 nitrogen and oxygen atoms in total. The number of aryl methyl sites for hydroxylation is 1. The van der Waals surface area contributed by atoms with Gasteiger partial charge in [-0.05, 0) is 47.2 Å². The second-order valence-electron chi connectivity index (χ2n) is 2.26. The van der Waals surface area contributed by atoms with E-state index in [1.54, 1.807) is 0 Å². The summed E-state index contributed by atoms with van der Waals surface area (Å²) in [6.07, 6.45) is 0. The zero-order chi connectivity index (χ0) is 7.72. The molecule has 0 aliphatic carbocycles. The molecule has 0 aliphatic rings. The quantitative estimate of drug-likeness (QED) is 0.543. The fourth-order valence-corrected chi connectivity index (χ4v) is 1.14. The Morgan fingerprint density at radius 3 is 2.00 bits per heavy atom. The first kappa shape index (κ1) is 7.65. The van der Waals surface area contributed by atoms with Crippen molar-refractivity contribution in [1.82, 2.24) is 0 Å². The fraction of sp³-hybridized carbons (Fsp3) is 0.143. The van der Waals surface area contributed by atoms with Gasteiger partial charge in [-0.2, -0.15) is 0 Å². The minimum absolute atomic E-state index is 0.762. The molecule has 0 atom stereocenters. The van der Waals surface area contributed by atoms with Crippen LogP contribution in [0.2, 0.25) is 0 Å². The number of benzene rings is 1. The zero-order valence-electron chi connectivity index (χ0n) is 5.69. The van der Waals surface area contributed by atoms with Crippen LogP contribution in [0.4, 0.5) is 11.4 Å². The molecule has 0 saturated carbocycles. The number of nitrogens with two attached hydrogens (primary N) is 2. The van der Waals surface area contributed by atoms with E-state index in [4.69, 9.17) is 11.5 Å². The van der Waals surface area contributed by atoms with Crippen molar-refractivity contribution in [1.29, 1.82) is 0 Å². The maximum atomic E-state index is 5.63. The Hall–Kier alpha value is -0.450. The first-order valence-corrected chi connectivity index (χ1v) is 4.00. The van der Waals surface area contributed by atoms with Gasteiger partial charge in [-0.25, -0.2) is 0 Å². The summed E-state index contributed by atoms with van der Waals surface area (Å²) in [7, 11) is 0. The van der Waals surface area contributed by atoms with E-state index >= 15 is 0 Å². The fourth-order valence-electron chi connectivity index (χ4n) is 0.826. The Morgan fingerprint density at radius 2 is 1.60 bits per heavy atom. The molecule has 0 heterocycles. The third-order valence-corrected chi connectivity index (χ3v) is 2.52. The average Bonchev–Trinajstić information content (AvgIpc) is 1.82. The van der Waals surface area contributed by atoms with Crippen LogP contribution in [0.5, 0.6) is 0 Å². The number of hydrogen-bond donors (Lipinski definition) is 2. The van der Waals surface area contributed by atoms with Crippen LogP contribution in [0, 0.1) is 10.5 Å². The first-order valence-electron chi connectivity index (χ1n) is 2.92. The lowest BCUT2D eigenvalue weighted by molar-refractivity contribution is 1.46. The number of hydrogen-bond acceptors (Lipinski definition) is 2. The van der Waals surface area contributed by atoms with E-state index in [-0.39, 0.29) is 0 Å². The van der Waals surface area contributed by atoms with Crippen LogP contribution in [0.1, 0.15) is 5.56 Å². The van der Waals surface area contributed by atoms with Crippen molar-refractivity contribution in [3.8, 4) is 0 Å². The van der Waals surface area contributed by atoms with E-state index < -0.39 is 0 Å². The molecule has 0 spiro atoms. The number of nitrogen functional groups attached to an aromatic ring is 2. The van der Waals surface area contributed by atoms with Gasteiger partial charge in [-0.15, -0.1) is 0 Å². The van der Waals surface area contributed by atoms with Gasteiger partial charge in [0.15, 0.2) is 0 Å². The Bertz CT molecular complexity index is 235. The number of anilines is 2. The molecule has 1 rings (SSSR count). The Balaban J connectivity index is 3.31. The standard InChI is InChI=1S/C7H9IN2/c1-4-2-5(9)7(8)6(10)3-4/h2-3H,9-10H2,1H3. The summed E-state index contributed by atoms with van der Waals surface area (Å²) in [6.45, 7) is 1.98. The molecule has 1 aromatic carbocycles. The van der Waals surface area contributed by atoms with Crippen LogP contribution in [0.25, 0.3) is 0 Å². The van der Waals surface area contributed by atoms with Gasteiger partial charge >= 0.3 is 0 Å². The molecule has 54 valence electrons. The summed E-state index contributed by atoms with van der Waals surface area (Å²) in [5, 5.41) is 0. The Kier molecular flexibility index (Phi) is 2.03. The van der Waals surface area contributed by atoms with Crippen LogP contribution >= 0.6 is 22.6 Å². The van der Waals surface area contributed by atoms with E-state index in [1.807, 2.05) is 19.1 Å². The molecule has 0 fully saturated rings. The van der Waals surface area contributed by atoms with Gasteiger partial charge < -0.3 is 11.5 Å². The molecule has 10 heavy (non-hydrogen) atoms. The maximum absolute atomic E-state index is 5.63. The zero-order valence-corrected chi connectivity index (χ0v) is 7.84. The van der Waals surface area contributed by atoms with E-state index in [2.05, 4.69) is 22.6 Å². The van der Waals surface area contributed by atoms with Crippen LogP contribution in [0.3, 0.4) is 0 Å². The molecule has 0 amide bonds. The van der Waals surface area contributed by atoms with Gasteiger partial charge in [-0.1, -0.05) is 0 Å². The van der Waals surface area contributed by atoms with Crippen molar-refractivity contribution in [2.45, 2.75) is 6.92 Å². The topological polar surface area (TPSA) is 52.0 Å². The molecule has 0 aliphatic heterocycles.